The number of hydrogen-bond donors (Lipinski definition) is 5. The molecule has 3 fully saturated rings. The number of ether oxygens (including phenoxy) is 2. The molecule has 2 spiro atoms. The predicted octanol–water partition coefficient (Wildman–Crippen LogP) is 4.66. The van der Waals surface area contributed by atoms with E-state index in [0.717, 1.165) is 84.6 Å². The highest BCUT2D eigenvalue weighted by Gasteiger charge is 2.76. The van der Waals surface area contributed by atoms with Crippen LogP contribution in [-0.2, 0) is 42.9 Å². The molecule has 0 amide bonds. The number of aromatic hydroxyl groups is 2. The maximum absolute atomic E-state index is 13.7. The summed E-state index contributed by atoms with van der Waals surface area (Å²) < 4.78 is 13.9. The van der Waals surface area contributed by atoms with E-state index in [0.29, 0.717) is 43.1 Å². The second-order valence-electron chi connectivity index (χ2n) is 18.1. The van der Waals surface area contributed by atoms with Crippen molar-refractivity contribution in [3.8, 4) is 23.0 Å². The van der Waals surface area contributed by atoms with Crippen molar-refractivity contribution in [2.45, 2.75) is 104 Å². The molecule has 13 rings (SSSR count). The summed E-state index contributed by atoms with van der Waals surface area (Å²) in [4.78, 5) is 8.99. The van der Waals surface area contributed by atoms with Crippen molar-refractivity contribution in [3.63, 3.8) is 0 Å². The molecule has 4 aromatic rings. The van der Waals surface area contributed by atoms with E-state index in [4.69, 9.17) is 9.47 Å². The summed E-state index contributed by atoms with van der Waals surface area (Å²) in [6, 6.07) is 18.0. The Morgan fingerprint density at radius 2 is 1.25 bits per heavy atom. The van der Waals surface area contributed by atoms with E-state index in [1.165, 1.54) is 24.0 Å². The lowest BCUT2D eigenvalue weighted by Gasteiger charge is -2.63. The molecule has 53 heavy (non-hydrogen) atoms. The molecule has 1 saturated carbocycles. The van der Waals surface area contributed by atoms with Gasteiger partial charge in [-0.2, -0.15) is 0 Å². The van der Waals surface area contributed by atoms with Crippen LogP contribution in [0.1, 0.15) is 88.2 Å². The summed E-state index contributed by atoms with van der Waals surface area (Å²) in [7, 11) is 0. The Kier molecular flexibility index (Phi) is 5.50. The van der Waals surface area contributed by atoms with Crippen LogP contribution in [0.25, 0.3) is 0 Å². The van der Waals surface area contributed by atoms with Crippen LogP contribution in [0.5, 0.6) is 23.0 Å². The summed E-state index contributed by atoms with van der Waals surface area (Å²) in [6.07, 6.45) is 6.15. The highest BCUT2D eigenvalue weighted by molar-refractivity contribution is 5.68. The van der Waals surface area contributed by atoms with Crippen molar-refractivity contribution in [3.05, 3.63) is 105 Å². The largest absolute Gasteiger partial charge is 0.504 e. The van der Waals surface area contributed by atoms with Gasteiger partial charge >= 0.3 is 0 Å². The number of likely N-dealkylation sites (tertiary alicyclic amines) is 2. The van der Waals surface area contributed by atoms with Gasteiger partial charge in [-0.15, -0.1) is 0 Å². The van der Waals surface area contributed by atoms with Crippen molar-refractivity contribution in [1.29, 1.82) is 0 Å². The van der Waals surface area contributed by atoms with Gasteiger partial charge in [-0.1, -0.05) is 42.5 Å². The maximum atomic E-state index is 13.7. The molecule has 272 valence electrons. The van der Waals surface area contributed by atoms with Crippen LogP contribution >= 0.6 is 0 Å². The minimum Gasteiger partial charge on any atom is -0.504 e. The SMILES string of the molecule is Oc1ccc2c3c1O[C@H]1c4[nH]c5c(c4C[C@@]4(O)[C@H](C2)N(CC2CC2)CC[C@]314)C[C@@]1(O)[C@H]2Cc3ccc(O)c4c3[C@@]1(CCN2CCc1ccccc1)[C@H]5O4. The van der Waals surface area contributed by atoms with Gasteiger partial charge in [0, 0.05) is 49.1 Å². The number of aromatic nitrogens is 1. The number of H-pyrrole nitrogens is 1. The van der Waals surface area contributed by atoms with E-state index < -0.39 is 34.2 Å². The fraction of sp³-hybridized carbons (Fsp3) is 0.500. The van der Waals surface area contributed by atoms with Gasteiger partial charge in [0.2, 0.25) is 0 Å². The third-order valence-electron chi connectivity index (χ3n) is 16.1. The molecule has 0 radical (unpaired) electrons. The van der Waals surface area contributed by atoms with E-state index in [9.17, 15) is 20.4 Å². The zero-order valence-corrected chi connectivity index (χ0v) is 29.8. The van der Waals surface area contributed by atoms with Crippen molar-refractivity contribution >= 4 is 0 Å². The van der Waals surface area contributed by atoms with Gasteiger partial charge in [0.1, 0.15) is 0 Å². The van der Waals surface area contributed by atoms with Crippen molar-refractivity contribution in [2.24, 2.45) is 5.92 Å². The molecule has 1 aromatic heterocycles. The van der Waals surface area contributed by atoms with Crippen LogP contribution in [0.4, 0.5) is 0 Å². The lowest BCUT2D eigenvalue weighted by Crippen LogP contribution is -2.75. The number of nitrogens with one attached hydrogen (secondary N) is 1. The molecule has 9 heteroatoms. The smallest absolute Gasteiger partial charge is 0.166 e. The lowest BCUT2D eigenvalue weighted by molar-refractivity contribution is -0.175. The first-order valence-electron chi connectivity index (χ1n) is 20.0. The van der Waals surface area contributed by atoms with Crippen LogP contribution in [0.3, 0.4) is 0 Å². The molecule has 9 nitrogen and oxygen atoms in total. The lowest BCUT2D eigenvalue weighted by atomic mass is 9.47. The Labute approximate surface area is 308 Å². The summed E-state index contributed by atoms with van der Waals surface area (Å²) in [5.74, 6) is 1.99. The number of fused-ring (bicyclic) bond motifs is 5. The van der Waals surface area contributed by atoms with Gasteiger partial charge < -0.3 is 34.9 Å². The molecule has 8 atom stereocenters. The van der Waals surface area contributed by atoms with Gasteiger partial charge in [-0.3, -0.25) is 9.80 Å². The first-order chi connectivity index (χ1) is 25.7. The first-order valence-corrected chi connectivity index (χ1v) is 20.0. The van der Waals surface area contributed by atoms with E-state index >= 15 is 0 Å². The highest BCUT2D eigenvalue weighted by Crippen LogP contribution is 2.72. The van der Waals surface area contributed by atoms with Gasteiger partial charge in [0.15, 0.2) is 35.2 Å². The summed E-state index contributed by atoms with van der Waals surface area (Å²) >= 11 is 0. The number of piperidine rings is 2. The minimum absolute atomic E-state index is 0.0725. The quantitative estimate of drug-likeness (QED) is 0.203. The third-order valence-corrected chi connectivity index (χ3v) is 16.1. The molecule has 5 heterocycles. The van der Waals surface area contributed by atoms with Crippen molar-refractivity contribution in [1.82, 2.24) is 14.8 Å². The fourth-order valence-corrected chi connectivity index (χ4v) is 13.7. The predicted molar refractivity (Wildman–Crippen MR) is 195 cm³/mol. The average molecular weight is 712 g/mol. The molecule has 3 aromatic carbocycles. The molecular weight excluding hydrogens is 666 g/mol. The van der Waals surface area contributed by atoms with Crippen LogP contribution in [0.15, 0.2) is 54.6 Å². The molecule has 9 aliphatic rings. The number of phenolic OH excluding ortho intramolecular Hbond substituents is 2. The molecule has 2 saturated heterocycles. The van der Waals surface area contributed by atoms with Gasteiger partial charge in [-0.05, 0) is 104 Å². The zero-order valence-electron chi connectivity index (χ0n) is 29.8. The zero-order chi connectivity index (χ0) is 35.2. The molecule has 5 aliphatic carbocycles. The average Bonchev–Trinajstić information content (AvgIpc) is 3.65. The summed E-state index contributed by atoms with van der Waals surface area (Å²) in [5, 5.41) is 49.8. The number of nitrogens with zero attached hydrogens (tertiary/aromatic N) is 2. The van der Waals surface area contributed by atoms with Crippen LogP contribution in [-0.4, -0.2) is 84.7 Å². The maximum Gasteiger partial charge on any atom is 0.166 e. The van der Waals surface area contributed by atoms with Crippen LogP contribution < -0.4 is 9.47 Å². The molecular formula is C44H45N3O6. The van der Waals surface area contributed by atoms with Gasteiger partial charge in [0.05, 0.1) is 33.4 Å². The van der Waals surface area contributed by atoms with E-state index in [-0.39, 0.29) is 23.6 Å². The highest BCUT2D eigenvalue weighted by atomic mass is 16.5. The van der Waals surface area contributed by atoms with E-state index in [1.54, 1.807) is 12.1 Å². The van der Waals surface area contributed by atoms with Crippen molar-refractivity contribution in [2.75, 3.05) is 26.2 Å². The van der Waals surface area contributed by atoms with Crippen LogP contribution in [0.2, 0.25) is 0 Å². The first kappa shape index (κ1) is 30.3. The number of aromatic amines is 1. The number of rotatable bonds is 5. The molecule has 0 unspecified atom stereocenters. The Balaban J connectivity index is 0.990. The van der Waals surface area contributed by atoms with E-state index in [2.05, 4.69) is 51.2 Å². The fourth-order valence-electron chi connectivity index (χ4n) is 13.7. The summed E-state index contributed by atoms with van der Waals surface area (Å²) in [5.41, 5.74) is 5.89. The van der Waals surface area contributed by atoms with Crippen LogP contribution in [0, 0.1) is 5.92 Å². The van der Waals surface area contributed by atoms with Crippen molar-refractivity contribution < 1.29 is 29.9 Å². The Hall–Kier alpha value is -4.02. The molecule has 4 bridgehead atoms. The summed E-state index contributed by atoms with van der Waals surface area (Å²) in [6.45, 7) is 3.57. The Morgan fingerprint density at radius 3 is 1.81 bits per heavy atom. The number of phenols is 2. The number of aliphatic hydroxyl groups is 2. The van der Waals surface area contributed by atoms with Gasteiger partial charge in [-0.25, -0.2) is 0 Å². The minimum atomic E-state index is -1.16. The number of benzene rings is 3. The normalized spacial score (nSPS) is 37.6. The topological polar surface area (TPSA) is 122 Å². The Morgan fingerprint density at radius 1 is 0.698 bits per heavy atom. The second kappa shape index (κ2) is 9.61. The number of hydrogen-bond acceptors (Lipinski definition) is 8. The standard InChI is InChI=1S/C44H45N3O6/c48-29-10-8-25-18-31-43(50)20-27-28-21-44(51)32-19-26-9-11-30(49)38-34(26)42(44,14-17-47(32)22-24-6-7-24)40(53-38)36(28)45-35(27)39-41(43,33(25)37(29)52-39)13-16-46(31)15-12-23-4-2-1-3-5-23/h1-5,8-11,24,31-32,39-40,45,48-51H,6-7,12-22H2/t31-,32+,39+,40+,41+,42+,43-,44-/m1/s1. The monoisotopic (exact) mass is 711 g/mol. The molecule has 4 aliphatic heterocycles. The molecule has 5 N–H and O–H groups in total. The van der Waals surface area contributed by atoms with Gasteiger partial charge in [0.25, 0.3) is 0 Å². The van der Waals surface area contributed by atoms with E-state index in [1.807, 2.05) is 6.07 Å². The second-order valence-corrected chi connectivity index (χ2v) is 18.1. The third kappa shape index (κ3) is 3.35. The Bertz CT molecular complexity index is 2290.